The Kier molecular flexibility index (Phi) is 20.9. The molecule has 0 saturated carbocycles. The number of hydrogen-bond acceptors (Lipinski definition) is 15. The van der Waals surface area contributed by atoms with Crippen LogP contribution in [0.4, 0.5) is 0 Å². The smallest absolute Gasteiger partial charge is 0.469 e. The lowest BCUT2D eigenvalue weighted by Crippen LogP contribution is -2.25. The van der Waals surface area contributed by atoms with E-state index in [1.165, 1.54) is 54.6 Å². The van der Waals surface area contributed by atoms with Gasteiger partial charge in [0.15, 0.2) is 18.9 Å². The molecule has 0 saturated heterocycles. The average molecular weight is 1050 g/mol. The Morgan fingerprint density at radius 2 is 0.639 bits per heavy atom. The number of benzene rings is 4. The van der Waals surface area contributed by atoms with Crippen LogP contribution in [0.3, 0.4) is 0 Å². The number of rotatable bonds is 21. The summed E-state index contributed by atoms with van der Waals surface area (Å²) in [6, 6.07) is 11.4. The number of phosphoric ester groups is 3. The Balaban J connectivity index is 1.77. The molecule has 4 aromatic rings. The summed E-state index contributed by atoms with van der Waals surface area (Å²) in [7, 11) is -14.3. The van der Waals surface area contributed by atoms with E-state index in [1.807, 2.05) is 0 Å². The molecule has 0 fully saturated rings. The van der Waals surface area contributed by atoms with Crippen LogP contribution in [0.15, 0.2) is 54.6 Å². The number of phenols is 3. The molecular formula is C45H42N3O21P3. The van der Waals surface area contributed by atoms with Gasteiger partial charge in [-0.2, -0.15) is 0 Å². The van der Waals surface area contributed by atoms with Crippen molar-refractivity contribution in [1.29, 1.82) is 0 Å². The molecule has 0 spiro atoms. The predicted octanol–water partition coefficient (Wildman–Crippen LogP) is 2.13. The Hall–Kier alpha value is -7.29. The fourth-order valence-corrected chi connectivity index (χ4v) is 7.01. The minimum Gasteiger partial charge on any atom is -0.506 e. The van der Waals surface area contributed by atoms with Crippen LogP contribution < -0.4 is 16.0 Å². The van der Waals surface area contributed by atoms with Crippen molar-refractivity contribution in [1.82, 2.24) is 16.0 Å². The van der Waals surface area contributed by atoms with Gasteiger partial charge in [0.25, 0.3) is 17.7 Å². The molecule has 24 nitrogen and oxygen atoms in total. The molecule has 72 heavy (non-hydrogen) atoms. The average Bonchev–Trinajstić information content (AvgIpc) is 3.31. The molecular weight excluding hydrogens is 1010 g/mol. The second kappa shape index (κ2) is 26.2. The molecule has 0 atom stereocenters. The number of phosphoric acid groups is 3. The van der Waals surface area contributed by atoms with Crippen molar-refractivity contribution >= 4 is 60.0 Å². The van der Waals surface area contributed by atoms with Gasteiger partial charge < -0.3 is 60.6 Å². The van der Waals surface area contributed by atoms with E-state index in [0.29, 0.717) is 0 Å². The summed E-state index contributed by atoms with van der Waals surface area (Å²) in [6.45, 7) is -1.67. The van der Waals surface area contributed by atoms with Gasteiger partial charge in [-0.15, -0.1) is 0 Å². The molecule has 0 heterocycles. The van der Waals surface area contributed by atoms with Crippen LogP contribution in [0, 0.1) is 35.5 Å². The third kappa shape index (κ3) is 18.8. The summed E-state index contributed by atoms with van der Waals surface area (Å²) >= 11 is 0. The highest BCUT2D eigenvalue weighted by Crippen LogP contribution is 2.37. The SMILES string of the molecule is O=Cc1cc(C#Cc2cc(C#Cc3cc(C=O)c(O)c(C(=O)NCCCOP(=O)(O)O)c3)cc(C#Cc3cc(C=O)c(O)c(C(=O)NCCCOP(=O)(O)O)c3)c2)cc(C(=O)NCCCOP(=O)(O)O)c1O. The fourth-order valence-electron chi connectivity index (χ4n) is 5.91. The second-order valence-electron chi connectivity index (χ2n) is 14.6. The summed E-state index contributed by atoms with van der Waals surface area (Å²) < 4.78 is 45.8. The summed E-state index contributed by atoms with van der Waals surface area (Å²) in [5.74, 6) is 12.2. The molecule has 0 bridgehead atoms. The van der Waals surface area contributed by atoms with Crippen LogP contribution in [0.2, 0.25) is 0 Å². The Bertz CT molecular complexity index is 2770. The van der Waals surface area contributed by atoms with Gasteiger partial charge in [0.1, 0.15) is 17.2 Å². The first kappa shape index (κ1) is 57.3. The maximum atomic E-state index is 13.0. The molecule has 4 rings (SSSR count). The van der Waals surface area contributed by atoms with Crippen molar-refractivity contribution < 1.29 is 101 Å². The summed E-state index contributed by atoms with van der Waals surface area (Å²) in [5.41, 5.74) is -1.38. The van der Waals surface area contributed by atoms with E-state index in [4.69, 9.17) is 29.4 Å². The Morgan fingerprint density at radius 1 is 0.417 bits per heavy atom. The Morgan fingerprint density at radius 3 is 0.847 bits per heavy atom. The molecule has 0 aliphatic heterocycles. The van der Waals surface area contributed by atoms with Crippen molar-refractivity contribution in [3.63, 3.8) is 0 Å². The molecule has 0 aromatic heterocycles. The quantitative estimate of drug-likeness (QED) is 0.0246. The number of aromatic hydroxyl groups is 3. The molecule has 27 heteroatoms. The van der Waals surface area contributed by atoms with Crippen LogP contribution in [0.1, 0.15) is 115 Å². The molecule has 378 valence electrons. The van der Waals surface area contributed by atoms with E-state index < -0.39 is 78.3 Å². The molecule has 3 amide bonds. The van der Waals surface area contributed by atoms with E-state index in [0.717, 1.165) is 0 Å². The van der Waals surface area contributed by atoms with Gasteiger partial charge in [0.2, 0.25) is 0 Å². The highest BCUT2D eigenvalue weighted by Gasteiger charge is 2.20. The van der Waals surface area contributed by atoms with Gasteiger partial charge >= 0.3 is 23.5 Å². The van der Waals surface area contributed by atoms with E-state index in [-0.39, 0.29) is 125 Å². The number of hydrogen-bond donors (Lipinski definition) is 12. The molecule has 0 unspecified atom stereocenters. The first-order valence-electron chi connectivity index (χ1n) is 20.5. The van der Waals surface area contributed by atoms with E-state index >= 15 is 0 Å². The number of phenolic OH excluding ortho intramolecular Hbond substituents is 3. The van der Waals surface area contributed by atoms with Crippen molar-refractivity contribution in [3.05, 3.63) is 121 Å². The van der Waals surface area contributed by atoms with Gasteiger partial charge in [0.05, 0.1) is 53.2 Å². The Labute approximate surface area is 408 Å². The van der Waals surface area contributed by atoms with Crippen molar-refractivity contribution in [2.24, 2.45) is 0 Å². The van der Waals surface area contributed by atoms with Gasteiger partial charge in [-0.25, -0.2) is 13.7 Å². The molecule has 0 aliphatic carbocycles. The minimum absolute atomic E-state index is 0.0326. The number of nitrogens with one attached hydrogen (secondary N) is 3. The van der Waals surface area contributed by atoms with Gasteiger partial charge in [-0.3, -0.25) is 42.3 Å². The lowest BCUT2D eigenvalue weighted by Gasteiger charge is -2.10. The van der Waals surface area contributed by atoms with Crippen LogP contribution in [0.5, 0.6) is 17.2 Å². The monoisotopic (exact) mass is 1050 g/mol. The van der Waals surface area contributed by atoms with Crippen LogP contribution in [0.25, 0.3) is 0 Å². The first-order chi connectivity index (χ1) is 33.9. The van der Waals surface area contributed by atoms with Crippen LogP contribution in [-0.2, 0) is 27.3 Å². The minimum atomic E-state index is -4.75. The zero-order valence-electron chi connectivity index (χ0n) is 37.1. The third-order valence-electron chi connectivity index (χ3n) is 9.12. The zero-order valence-corrected chi connectivity index (χ0v) is 39.7. The van der Waals surface area contributed by atoms with E-state index in [9.17, 15) is 57.8 Å². The lowest BCUT2D eigenvalue weighted by atomic mass is 10.0. The van der Waals surface area contributed by atoms with Crippen molar-refractivity contribution in [3.8, 4) is 52.8 Å². The van der Waals surface area contributed by atoms with E-state index in [1.54, 1.807) is 0 Å². The third-order valence-corrected chi connectivity index (χ3v) is 10.7. The topological polar surface area (TPSA) is 399 Å². The van der Waals surface area contributed by atoms with E-state index in [2.05, 4.69) is 65.0 Å². The summed E-state index contributed by atoms with van der Waals surface area (Å²) in [5, 5.41) is 39.2. The normalized spacial score (nSPS) is 11.1. The first-order valence-corrected chi connectivity index (χ1v) is 25.1. The van der Waals surface area contributed by atoms with Crippen LogP contribution in [-0.4, -0.2) is 121 Å². The molecule has 4 aromatic carbocycles. The van der Waals surface area contributed by atoms with Crippen LogP contribution >= 0.6 is 23.5 Å². The maximum absolute atomic E-state index is 13.0. The van der Waals surface area contributed by atoms with Crippen molar-refractivity contribution in [2.75, 3.05) is 39.5 Å². The highest BCUT2D eigenvalue weighted by molar-refractivity contribution is 7.46. The number of carbonyl (C=O) groups is 6. The second-order valence-corrected chi connectivity index (χ2v) is 18.3. The van der Waals surface area contributed by atoms with Crippen molar-refractivity contribution in [2.45, 2.75) is 19.3 Å². The summed E-state index contributed by atoms with van der Waals surface area (Å²) in [6.07, 6.45) is 0.718. The van der Waals surface area contributed by atoms with Gasteiger partial charge in [-0.05, 0) is 73.9 Å². The fraction of sp³-hybridized carbons (Fsp3) is 0.200. The maximum Gasteiger partial charge on any atom is 0.469 e. The number of amides is 3. The molecule has 0 aliphatic rings. The standard InChI is InChI=1S/C45H42N3O21P3/c49-25-34-19-31(22-37(40(34)52)43(55)46-10-1-13-67-70(58,59)60)7-4-28-16-29(5-8-32-20-35(26-50)41(53)38(23-32)44(56)47-11-2-14-68-71(61,62)63)18-30(17-28)6-9-33-21-36(27-51)42(54)39(24-33)45(57)48-12-3-15-69-72(64,65)66/h16-27,52-54H,1-3,10-15H2,(H,46,55)(H,47,56)(H,48,57)(H2,58,59,60)(H2,61,62,63)(H2,64,65,66). The summed E-state index contributed by atoms with van der Waals surface area (Å²) in [4.78, 5) is 128. The lowest BCUT2D eigenvalue weighted by molar-refractivity contribution is 0.0938. The number of carbonyl (C=O) groups excluding carboxylic acids is 6. The van der Waals surface area contributed by atoms with Gasteiger partial charge in [0, 0.05) is 53.0 Å². The zero-order chi connectivity index (χ0) is 53.2. The number of aldehydes is 3. The van der Waals surface area contributed by atoms with Gasteiger partial charge in [-0.1, -0.05) is 35.5 Å². The predicted molar refractivity (Wildman–Crippen MR) is 250 cm³/mol. The largest absolute Gasteiger partial charge is 0.506 e. The molecule has 0 radical (unpaired) electrons. The molecule has 12 N–H and O–H groups in total. The highest BCUT2D eigenvalue weighted by atomic mass is 31.2.